The van der Waals surface area contributed by atoms with Crippen molar-refractivity contribution < 1.29 is 17.2 Å². The molecule has 1 fully saturated rings. The molecule has 1 atom stereocenters. The molecule has 2 heterocycles. The van der Waals surface area contributed by atoms with Crippen LogP contribution in [-0.2, 0) is 10.0 Å². The Kier molecular flexibility index (Phi) is 3.60. The van der Waals surface area contributed by atoms with E-state index < -0.39 is 15.8 Å². The van der Waals surface area contributed by atoms with E-state index in [-0.39, 0.29) is 17.0 Å². The molecule has 0 saturated carbocycles. The highest BCUT2D eigenvalue weighted by atomic mass is 32.2. The van der Waals surface area contributed by atoms with Crippen molar-refractivity contribution >= 4 is 16.0 Å². The zero-order valence-electron chi connectivity index (χ0n) is 10.9. The summed E-state index contributed by atoms with van der Waals surface area (Å²) in [4.78, 5) is -0.0809. The third-order valence-corrected chi connectivity index (χ3v) is 4.48. The molecule has 2 aromatic rings. The molecule has 1 aliphatic heterocycles. The van der Waals surface area contributed by atoms with E-state index in [0.29, 0.717) is 5.89 Å². The molecule has 1 unspecified atom stereocenters. The summed E-state index contributed by atoms with van der Waals surface area (Å²) in [6, 6.07) is 4.21. The molecule has 1 aliphatic rings. The van der Waals surface area contributed by atoms with Gasteiger partial charge < -0.3 is 9.73 Å². The van der Waals surface area contributed by atoms with E-state index in [1.165, 1.54) is 0 Å². The predicted molar refractivity (Wildman–Crippen MR) is 71.5 cm³/mol. The third kappa shape index (κ3) is 3.03. The zero-order valence-corrected chi connectivity index (χ0v) is 11.7. The molecule has 112 valence electrons. The Hall–Kier alpha value is -2.00. The fourth-order valence-corrected chi connectivity index (χ4v) is 3.02. The monoisotopic (exact) mass is 312 g/mol. The second-order valence-corrected chi connectivity index (χ2v) is 6.34. The van der Waals surface area contributed by atoms with Gasteiger partial charge in [-0.05, 0) is 43.7 Å². The molecule has 21 heavy (non-hydrogen) atoms. The molecular formula is C12H13FN4O3S. The van der Waals surface area contributed by atoms with Crippen LogP contribution in [0.4, 0.5) is 10.4 Å². The first kappa shape index (κ1) is 14.0. The minimum Gasteiger partial charge on any atom is -0.406 e. The summed E-state index contributed by atoms with van der Waals surface area (Å²) in [5.74, 6) is -0.161. The van der Waals surface area contributed by atoms with Gasteiger partial charge in [0.25, 0.3) is 10.0 Å². The van der Waals surface area contributed by atoms with Gasteiger partial charge >= 0.3 is 6.01 Å². The Morgan fingerprint density at radius 3 is 2.71 bits per heavy atom. The van der Waals surface area contributed by atoms with Crippen LogP contribution in [0.2, 0.25) is 0 Å². The molecule has 1 saturated heterocycles. The second-order valence-electron chi connectivity index (χ2n) is 4.65. The van der Waals surface area contributed by atoms with Crippen molar-refractivity contribution in [1.82, 2.24) is 15.5 Å². The quantitative estimate of drug-likeness (QED) is 0.886. The van der Waals surface area contributed by atoms with Crippen molar-refractivity contribution in [3.63, 3.8) is 0 Å². The second kappa shape index (κ2) is 5.41. The van der Waals surface area contributed by atoms with E-state index in [1.807, 2.05) is 0 Å². The summed E-state index contributed by atoms with van der Waals surface area (Å²) in [6.07, 6.45) is 1.87. The van der Waals surface area contributed by atoms with Crippen LogP contribution < -0.4 is 10.0 Å². The number of anilines is 1. The van der Waals surface area contributed by atoms with Gasteiger partial charge in [-0.3, -0.25) is 0 Å². The summed E-state index contributed by atoms with van der Waals surface area (Å²) in [7, 11) is -3.87. The van der Waals surface area contributed by atoms with Gasteiger partial charge in [0.1, 0.15) is 5.82 Å². The van der Waals surface area contributed by atoms with Gasteiger partial charge in [0, 0.05) is 0 Å². The average Bonchev–Trinajstić information content (AvgIpc) is 3.09. The number of rotatable bonds is 4. The van der Waals surface area contributed by atoms with E-state index in [9.17, 15) is 12.8 Å². The first-order chi connectivity index (χ1) is 10.0. The number of hydrogen-bond acceptors (Lipinski definition) is 6. The minimum atomic E-state index is -3.87. The number of aromatic nitrogens is 2. The highest BCUT2D eigenvalue weighted by molar-refractivity contribution is 7.92. The van der Waals surface area contributed by atoms with Crippen LogP contribution in [0.1, 0.15) is 24.8 Å². The van der Waals surface area contributed by atoms with Crippen molar-refractivity contribution in [1.29, 1.82) is 0 Å². The van der Waals surface area contributed by atoms with Gasteiger partial charge in [-0.25, -0.2) is 17.5 Å². The van der Waals surface area contributed by atoms with Crippen LogP contribution in [0.5, 0.6) is 0 Å². The summed E-state index contributed by atoms with van der Waals surface area (Å²) in [6.45, 7) is 0.865. The lowest BCUT2D eigenvalue weighted by atomic mass is 10.2. The minimum absolute atomic E-state index is 0.0402. The van der Waals surface area contributed by atoms with Gasteiger partial charge in [-0.15, -0.1) is 5.10 Å². The molecule has 7 nitrogen and oxygen atoms in total. The van der Waals surface area contributed by atoms with Crippen LogP contribution in [0.25, 0.3) is 0 Å². The summed E-state index contributed by atoms with van der Waals surface area (Å²) < 4.78 is 44.4. The smallest absolute Gasteiger partial charge is 0.329 e. The maximum Gasteiger partial charge on any atom is 0.329 e. The zero-order chi connectivity index (χ0) is 14.9. The van der Waals surface area contributed by atoms with Gasteiger partial charge in [0.05, 0.1) is 10.9 Å². The highest BCUT2D eigenvalue weighted by Gasteiger charge is 2.24. The number of sulfonamides is 1. The number of benzene rings is 1. The first-order valence-electron chi connectivity index (χ1n) is 6.40. The highest BCUT2D eigenvalue weighted by Crippen LogP contribution is 2.23. The molecule has 0 aliphatic carbocycles. The molecule has 9 heteroatoms. The Balaban J connectivity index is 1.77. The van der Waals surface area contributed by atoms with Gasteiger partial charge in [-0.1, -0.05) is 5.10 Å². The van der Waals surface area contributed by atoms with Gasteiger partial charge in [-0.2, -0.15) is 0 Å². The molecular weight excluding hydrogens is 299 g/mol. The Bertz CT molecular complexity index is 723. The average molecular weight is 312 g/mol. The standard InChI is InChI=1S/C12H13FN4O3S/c13-8-3-5-9(6-4-8)21(18,19)17-12-16-15-11(20-12)10-2-1-7-14-10/h3-6,10,14H,1-2,7H2,(H,16,17). The van der Waals surface area contributed by atoms with Crippen molar-refractivity contribution in [2.24, 2.45) is 0 Å². The Morgan fingerprint density at radius 1 is 1.29 bits per heavy atom. The van der Waals surface area contributed by atoms with Crippen LogP contribution in [0.15, 0.2) is 33.6 Å². The van der Waals surface area contributed by atoms with Crippen molar-refractivity contribution in [2.45, 2.75) is 23.8 Å². The topological polar surface area (TPSA) is 97.1 Å². The van der Waals surface area contributed by atoms with E-state index >= 15 is 0 Å². The number of nitrogens with one attached hydrogen (secondary N) is 2. The van der Waals surface area contributed by atoms with Crippen molar-refractivity contribution in [3.8, 4) is 0 Å². The van der Waals surface area contributed by atoms with E-state index in [4.69, 9.17) is 4.42 Å². The van der Waals surface area contributed by atoms with Crippen LogP contribution in [0.3, 0.4) is 0 Å². The fourth-order valence-electron chi connectivity index (χ4n) is 2.10. The summed E-state index contributed by atoms with van der Waals surface area (Å²) in [5, 5.41) is 10.7. The fraction of sp³-hybridized carbons (Fsp3) is 0.333. The number of hydrogen-bond donors (Lipinski definition) is 2. The molecule has 2 N–H and O–H groups in total. The molecule has 1 aromatic carbocycles. The molecule has 1 aromatic heterocycles. The van der Waals surface area contributed by atoms with Crippen LogP contribution >= 0.6 is 0 Å². The Morgan fingerprint density at radius 2 is 2.05 bits per heavy atom. The van der Waals surface area contributed by atoms with Gasteiger partial charge in [0.2, 0.25) is 5.89 Å². The third-order valence-electron chi connectivity index (χ3n) is 3.14. The lowest BCUT2D eigenvalue weighted by Crippen LogP contribution is -2.13. The van der Waals surface area contributed by atoms with Gasteiger partial charge in [0.15, 0.2) is 0 Å². The summed E-state index contributed by atoms with van der Waals surface area (Å²) in [5.41, 5.74) is 0. The Labute approximate surface area is 120 Å². The van der Waals surface area contributed by atoms with E-state index in [1.54, 1.807) is 0 Å². The number of halogens is 1. The maximum absolute atomic E-state index is 12.8. The van der Waals surface area contributed by atoms with Crippen molar-refractivity contribution in [3.05, 3.63) is 36.0 Å². The van der Waals surface area contributed by atoms with Crippen LogP contribution in [-0.4, -0.2) is 25.2 Å². The summed E-state index contributed by atoms with van der Waals surface area (Å²) >= 11 is 0. The lowest BCUT2D eigenvalue weighted by molar-refractivity contribution is 0.439. The predicted octanol–water partition coefficient (Wildman–Crippen LogP) is 1.43. The maximum atomic E-state index is 12.8. The number of nitrogens with zero attached hydrogens (tertiary/aromatic N) is 2. The molecule has 0 spiro atoms. The molecule has 3 rings (SSSR count). The van der Waals surface area contributed by atoms with E-state index in [0.717, 1.165) is 43.7 Å². The van der Waals surface area contributed by atoms with E-state index in [2.05, 4.69) is 20.2 Å². The lowest BCUT2D eigenvalue weighted by Gasteiger charge is -2.04. The normalized spacial score (nSPS) is 18.8. The SMILES string of the molecule is O=S(=O)(Nc1nnc(C2CCCN2)o1)c1ccc(F)cc1. The van der Waals surface area contributed by atoms with Crippen molar-refractivity contribution in [2.75, 3.05) is 11.3 Å². The molecule has 0 amide bonds. The first-order valence-corrected chi connectivity index (χ1v) is 7.88. The largest absolute Gasteiger partial charge is 0.406 e. The molecule has 0 bridgehead atoms. The molecule has 0 radical (unpaired) electrons. The van der Waals surface area contributed by atoms with Crippen LogP contribution in [0, 0.1) is 5.82 Å².